The number of allylic oxidation sites excluding steroid dienone is 2. The van der Waals surface area contributed by atoms with Gasteiger partial charge in [0.25, 0.3) is 6.47 Å². The second-order valence-electron chi connectivity index (χ2n) is 4.19. The molecule has 0 aromatic carbocycles. The molecule has 1 unspecified atom stereocenters. The molecule has 0 heterocycles. The van der Waals surface area contributed by atoms with Crippen molar-refractivity contribution in [3.8, 4) is 0 Å². The lowest BCUT2D eigenvalue weighted by molar-refractivity contribution is -0.141. The fourth-order valence-electron chi connectivity index (χ4n) is 1.91. The Morgan fingerprint density at radius 1 is 1.62 bits per heavy atom. The van der Waals surface area contributed by atoms with Crippen LogP contribution >= 0.6 is 0 Å². The second kappa shape index (κ2) is 3.95. The summed E-state index contributed by atoms with van der Waals surface area (Å²) in [7, 11) is 0. The van der Waals surface area contributed by atoms with Crippen molar-refractivity contribution >= 4 is 6.47 Å². The van der Waals surface area contributed by atoms with Crippen molar-refractivity contribution in [2.45, 2.75) is 39.7 Å². The highest BCUT2D eigenvalue weighted by atomic mass is 16.5. The van der Waals surface area contributed by atoms with Crippen LogP contribution in [0.5, 0.6) is 0 Å². The lowest BCUT2D eigenvalue weighted by atomic mass is 9.68. The summed E-state index contributed by atoms with van der Waals surface area (Å²) < 4.78 is 5.04. The maximum Gasteiger partial charge on any atom is 0.293 e. The Balaban J connectivity index is 2.72. The van der Waals surface area contributed by atoms with Gasteiger partial charge in [-0.15, -0.1) is 0 Å². The zero-order chi connectivity index (χ0) is 9.90. The van der Waals surface area contributed by atoms with Gasteiger partial charge in [0, 0.05) is 5.41 Å². The SMILES string of the molecule is CC(OC=O)[C@]1(C)CC=CC[C@@H]1C. The third-order valence-corrected chi connectivity index (χ3v) is 3.53. The van der Waals surface area contributed by atoms with E-state index in [9.17, 15) is 4.79 Å². The average Bonchev–Trinajstić information content (AvgIpc) is 2.11. The standard InChI is InChI=1S/C11H18O2/c1-9-6-4-5-7-11(9,3)10(2)13-8-12/h4-5,8-10H,6-7H2,1-3H3/t9-,10?,11+/m0/s1. The van der Waals surface area contributed by atoms with E-state index in [0.717, 1.165) is 12.8 Å². The van der Waals surface area contributed by atoms with Crippen LogP contribution in [0.1, 0.15) is 33.6 Å². The van der Waals surface area contributed by atoms with Crippen LogP contribution in [0.3, 0.4) is 0 Å². The minimum absolute atomic E-state index is 0.00458. The predicted octanol–water partition coefficient (Wildman–Crippen LogP) is 2.54. The Morgan fingerprint density at radius 2 is 2.31 bits per heavy atom. The molecule has 0 aromatic heterocycles. The van der Waals surface area contributed by atoms with Gasteiger partial charge in [-0.2, -0.15) is 0 Å². The first-order chi connectivity index (χ1) is 6.11. The van der Waals surface area contributed by atoms with Crippen LogP contribution in [-0.2, 0) is 9.53 Å². The molecule has 0 spiro atoms. The third kappa shape index (κ3) is 1.93. The summed E-state index contributed by atoms with van der Waals surface area (Å²) in [4.78, 5) is 10.3. The van der Waals surface area contributed by atoms with Gasteiger partial charge in [0.1, 0.15) is 6.10 Å². The Hall–Kier alpha value is -0.790. The Bertz CT molecular complexity index is 210. The Labute approximate surface area is 80.0 Å². The van der Waals surface area contributed by atoms with Crippen LogP contribution in [-0.4, -0.2) is 12.6 Å². The molecule has 1 aliphatic carbocycles. The van der Waals surface area contributed by atoms with Crippen molar-refractivity contribution in [1.29, 1.82) is 0 Å². The molecule has 3 atom stereocenters. The smallest absolute Gasteiger partial charge is 0.293 e. The maximum absolute atomic E-state index is 10.3. The van der Waals surface area contributed by atoms with Crippen molar-refractivity contribution in [2.75, 3.05) is 0 Å². The van der Waals surface area contributed by atoms with Gasteiger partial charge in [0.2, 0.25) is 0 Å². The number of carbonyl (C=O) groups excluding carboxylic acids is 1. The van der Waals surface area contributed by atoms with Crippen LogP contribution in [0.25, 0.3) is 0 Å². The van der Waals surface area contributed by atoms with E-state index in [1.807, 2.05) is 6.92 Å². The molecule has 2 heteroatoms. The largest absolute Gasteiger partial charge is 0.464 e. The molecule has 0 radical (unpaired) electrons. The zero-order valence-corrected chi connectivity index (χ0v) is 8.62. The molecule has 74 valence electrons. The zero-order valence-electron chi connectivity index (χ0n) is 8.62. The molecule has 0 saturated carbocycles. The maximum atomic E-state index is 10.3. The first-order valence-corrected chi connectivity index (χ1v) is 4.85. The molecule has 0 aromatic rings. The van der Waals surface area contributed by atoms with Gasteiger partial charge in [-0.25, -0.2) is 0 Å². The molecular weight excluding hydrogens is 164 g/mol. The van der Waals surface area contributed by atoms with E-state index >= 15 is 0 Å². The second-order valence-corrected chi connectivity index (χ2v) is 4.19. The summed E-state index contributed by atoms with van der Waals surface area (Å²) in [5.41, 5.74) is 0.107. The van der Waals surface area contributed by atoms with Gasteiger partial charge in [-0.3, -0.25) is 4.79 Å². The summed E-state index contributed by atoms with van der Waals surface area (Å²) in [5.74, 6) is 0.576. The first kappa shape index (κ1) is 10.3. The molecule has 0 bridgehead atoms. The molecule has 0 fully saturated rings. The van der Waals surface area contributed by atoms with E-state index in [-0.39, 0.29) is 11.5 Å². The van der Waals surface area contributed by atoms with E-state index in [1.165, 1.54) is 0 Å². The van der Waals surface area contributed by atoms with E-state index < -0.39 is 0 Å². The predicted molar refractivity (Wildman–Crippen MR) is 52.3 cm³/mol. The van der Waals surface area contributed by atoms with Crippen LogP contribution in [0.15, 0.2) is 12.2 Å². The monoisotopic (exact) mass is 182 g/mol. The van der Waals surface area contributed by atoms with Crippen LogP contribution in [0, 0.1) is 11.3 Å². The van der Waals surface area contributed by atoms with Crippen molar-refractivity contribution in [3.05, 3.63) is 12.2 Å². The van der Waals surface area contributed by atoms with Gasteiger partial charge in [-0.1, -0.05) is 26.0 Å². The van der Waals surface area contributed by atoms with Gasteiger partial charge in [0.05, 0.1) is 0 Å². The molecule has 1 aliphatic rings. The van der Waals surface area contributed by atoms with Gasteiger partial charge >= 0.3 is 0 Å². The molecule has 0 aliphatic heterocycles. The fraction of sp³-hybridized carbons (Fsp3) is 0.727. The quantitative estimate of drug-likeness (QED) is 0.495. The molecule has 0 N–H and O–H groups in total. The van der Waals surface area contributed by atoms with Crippen LogP contribution < -0.4 is 0 Å². The summed E-state index contributed by atoms with van der Waals surface area (Å²) in [6.45, 7) is 6.94. The normalized spacial score (nSPS) is 35.5. The molecule has 2 nitrogen and oxygen atoms in total. The molecule has 13 heavy (non-hydrogen) atoms. The minimum atomic E-state index is 0.00458. The number of ether oxygens (including phenoxy) is 1. The lowest BCUT2D eigenvalue weighted by Crippen LogP contribution is -2.38. The number of rotatable bonds is 3. The topological polar surface area (TPSA) is 26.3 Å². The molecular formula is C11H18O2. The number of hydrogen-bond donors (Lipinski definition) is 0. The number of hydrogen-bond acceptors (Lipinski definition) is 2. The molecule has 1 rings (SSSR count). The molecule has 0 amide bonds. The minimum Gasteiger partial charge on any atom is -0.464 e. The van der Waals surface area contributed by atoms with E-state index in [4.69, 9.17) is 4.74 Å². The van der Waals surface area contributed by atoms with Gasteiger partial charge < -0.3 is 4.74 Å². The number of carbonyl (C=O) groups is 1. The van der Waals surface area contributed by atoms with E-state index in [1.54, 1.807) is 0 Å². The van der Waals surface area contributed by atoms with Crippen molar-refractivity contribution in [1.82, 2.24) is 0 Å². The fourth-order valence-corrected chi connectivity index (χ4v) is 1.91. The Kier molecular flexibility index (Phi) is 3.12. The third-order valence-electron chi connectivity index (χ3n) is 3.53. The van der Waals surface area contributed by atoms with Crippen LogP contribution in [0.2, 0.25) is 0 Å². The summed E-state index contributed by atoms with van der Waals surface area (Å²) in [6, 6.07) is 0. The van der Waals surface area contributed by atoms with E-state index in [2.05, 4.69) is 26.0 Å². The van der Waals surface area contributed by atoms with Gasteiger partial charge in [-0.05, 0) is 25.7 Å². The Morgan fingerprint density at radius 3 is 2.85 bits per heavy atom. The average molecular weight is 182 g/mol. The lowest BCUT2D eigenvalue weighted by Gasteiger charge is -2.40. The first-order valence-electron chi connectivity index (χ1n) is 4.85. The highest BCUT2D eigenvalue weighted by Gasteiger charge is 2.38. The van der Waals surface area contributed by atoms with Crippen LogP contribution in [0.4, 0.5) is 0 Å². The van der Waals surface area contributed by atoms with Crippen molar-refractivity contribution in [2.24, 2.45) is 11.3 Å². The van der Waals surface area contributed by atoms with Gasteiger partial charge in [0.15, 0.2) is 0 Å². The summed E-state index contributed by atoms with van der Waals surface area (Å²) in [6.07, 6.45) is 6.49. The highest BCUT2D eigenvalue weighted by molar-refractivity contribution is 5.37. The van der Waals surface area contributed by atoms with Crippen molar-refractivity contribution in [3.63, 3.8) is 0 Å². The summed E-state index contributed by atoms with van der Waals surface area (Å²) >= 11 is 0. The summed E-state index contributed by atoms with van der Waals surface area (Å²) in [5, 5.41) is 0. The van der Waals surface area contributed by atoms with E-state index in [0.29, 0.717) is 12.4 Å². The highest BCUT2D eigenvalue weighted by Crippen LogP contribution is 2.41. The van der Waals surface area contributed by atoms with Crippen molar-refractivity contribution < 1.29 is 9.53 Å². The molecule has 0 saturated heterocycles.